The molecule has 0 radical (unpaired) electrons. The van der Waals surface area contributed by atoms with Gasteiger partial charge in [-0.1, -0.05) is 34.1 Å². The van der Waals surface area contributed by atoms with Gasteiger partial charge < -0.3 is 5.11 Å². The minimum atomic E-state index is -0.279. The number of hydrogen-bond donors (Lipinski definition) is 1. The molecule has 0 unspecified atom stereocenters. The third-order valence-corrected chi connectivity index (χ3v) is 2.91. The second-order valence-corrected chi connectivity index (χ2v) is 4.71. The fraction of sp³-hybridized carbons (Fsp3) is 0. The van der Waals surface area contributed by atoms with Crippen molar-refractivity contribution in [3.8, 4) is 5.75 Å². The second kappa shape index (κ2) is 9.57. The number of rotatable bonds is 3. The van der Waals surface area contributed by atoms with E-state index >= 15 is 0 Å². The van der Waals surface area contributed by atoms with Gasteiger partial charge in [-0.25, -0.2) is 5.43 Å². The second-order valence-electron chi connectivity index (χ2n) is 3.80. The fourth-order valence-corrected chi connectivity index (χ4v) is 1.83. The van der Waals surface area contributed by atoms with Gasteiger partial charge in [0, 0.05) is 16.1 Å². The standard InChI is InChI=1S/C14H11BrN2O2.ClH.Co/c15-12-6-7-13(18)11(8-12)9-16-17-14(19)10-4-2-1-3-5-10;;/h1-9,18H,(H,17,19);1H;/q;;+2. The Bertz CT molecular complexity index is 624. The van der Waals surface area contributed by atoms with E-state index in [0.717, 1.165) is 4.47 Å². The van der Waals surface area contributed by atoms with E-state index in [9.17, 15) is 4.79 Å². The van der Waals surface area contributed by atoms with Gasteiger partial charge >= 0.3 is 25.0 Å². The number of benzene rings is 2. The summed E-state index contributed by atoms with van der Waals surface area (Å²) in [5.41, 5.74) is 3.60. The molecule has 0 spiro atoms. The predicted octanol–water partition coefficient (Wildman–Crippen LogP) is 3.34. The quantitative estimate of drug-likeness (QED) is 0.467. The van der Waals surface area contributed by atoms with E-state index in [1.165, 1.54) is 6.21 Å². The Hall–Kier alpha value is -1.34. The van der Waals surface area contributed by atoms with Crippen LogP contribution < -0.4 is 5.43 Å². The summed E-state index contributed by atoms with van der Waals surface area (Å²) >= 11 is 6.36. The van der Waals surface area contributed by atoms with Gasteiger partial charge in [-0.2, -0.15) is 5.10 Å². The molecule has 1 amide bonds. The van der Waals surface area contributed by atoms with E-state index in [-0.39, 0.29) is 5.91 Å². The molecule has 2 aromatic rings. The Kier molecular flexibility index (Phi) is 8.07. The van der Waals surface area contributed by atoms with Crippen molar-refractivity contribution in [2.45, 2.75) is 0 Å². The topological polar surface area (TPSA) is 64.4 Å². The summed E-state index contributed by atoms with van der Waals surface area (Å²) in [6.07, 6.45) is 1.45. The summed E-state index contributed by atoms with van der Waals surface area (Å²) in [6, 6.07) is 14.0. The van der Waals surface area contributed by atoms with Gasteiger partial charge in [-0.05, 0) is 24.3 Å². The molecule has 4 nitrogen and oxygen atoms in total. The average Bonchev–Trinajstić information content (AvgIpc) is 2.53. The molecule has 2 aromatic carbocycles. The molecule has 0 saturated carbocycles. The SMILES string of the molecule is O=C(NN=Cc1cc(Br)ccc1[OH2+])c1ccccc1.[Cl][Co+]. The van der Waals surface area contributed by atoms with E-state index < -0.39 is 0 Å². The van der Waals surface area contributed by atoms with Crippen molar-refractivity contribution in [1.82, 2.24) is 5.43 Å². The molecule has 0 atom stereocenters. The third-order valence-electron chi connectivity index (χ3n) is 2.42. The van der Waals surface area contributed by atoms with Gasteiger partial charge in [-0.15, -0.1) is 0 Å². The molecule has 0 aliphatic heterocycles. The van der Waals surface area contributed by atoms with Gasteiger partial charge in [0.05, 0.1) is 11.8 Å². The van der Waals surface area contributed by atoms with E-state index in [4.69, 9.17) is 5.11 Å². The van der Waals surface area contributed by atoms with E-state index in [0.29, 0.717) is 16.9 Å². The molecular weight excluding hydrogens is 402 g/mol. The molecule has 111 valence electrons. The first-order valence-electron chi connectivity index (χ1n) is 5.69. The molecule has 3 N–H and O–H groups in total. The van der Waals surface area contributed by atoms with Crippen LogP contribution in [0.25, 0.3) is 0 Å². The molecule has 21 heavy (non-hydrogen) atoms. The Morgan fingerprint density at radius 3 is 2.57 bits per heavy atom. The van der Waals surface area contributed by atoms with E-state index in [1.807, 2.05) is 6.07 Å². The summed E-state index contributed by atoms with van der Waals surface area (Å²) in [5, 5.41) is 11.5. The Morgan fingerprint density at radius 2 is 1.90 bits per heavy atom. The maximum absolute atomic E-state index is 11.7. The van der Waals surface area contributed by atoms with Gasteiger partial charge in [0.1, 0.15) is 0 Å². The Balaban J connectivity index is 0.00000106. The number of halogens is 2. The van der Waals surface area contributed by atoms with Crippen molar-refractivity contribution in [3.63, 3.8) is 0 Å². The third kappa shape index (κ3) is 5.89. The maximum atomic E-state index is 11.7. The number of nitrogens with zero attached hydrogens (tertiary/aromatic N) is 1. The van der Waals surface area contributed by atoms with E-state index in [2.05, 4.69) is 51.4 Å². The number of carbonyl (C=O) groups is 1. The Morgan fingerprint density at radius 1 is 1.24 bits per heavy atom. The van der Waals surface area contributed by atoms with Crippen LogP contribution in [0.1, 0.15) is 15.9 Å². The molecule has 0 heterocycles. The summed E-state index contributed by atoms with van der Waals surface area (Å²) in [6.45, 7) is 0. The van der Waals surface area contributed by atoms with Gasteiger partial charge in [0.15, 0.2) is 0 Å². The molecular formula is C14H12BrClCoN2O2+2. The summed E-state index contributed by atoms with van der Waals surface area (Å²) in [7, 11) is 4.33. The van der Waals surface area contributed by atoms with E-state index in [1.54, 1.807) is 42.5 Å². The molecule has 0 saturated heterocycles. The molecule has 7 heteroatoms. The van der Waals surface area contributed by atoms with Crippen LogP contribution in [0.15, 0.2) is 58.1 Å². The van der Waals surface area contributed by atoms with Crippen LogP contribution in [0.5, 0.6) is 5.75 Å². The number of amides is 1. The summed E-state index contributed by atoms with van der Waals surface area (Å²) < 4.78 is 0.860. The van der Waals surface area contributed by atoms with Gasteiger partial charge in [-0.3, -0.25) is 4.79 Å². The minimum absolute atomic E-state index is 0.279. The monoisotopic (exact) mass is 413 g/mol. The van der Waals surface area contributed by atoms with Crippen molar-refractivity contribution >= 4 is 38.2 Å². The molecule has 0 aliphatic rings. The average molecular weight is 415 g/mol. The summed E-state index contributed by atoms with van der Waals surface area (Å²) in [5.74, 6) is 0.0688. The first kappa shape index (κ1) is 17.7. The van der Waals surface area contributed by atoms with Crippen LogP contribution in [0.2, 0.25) is 0 Å². The van der Waals surface area contributed by atoms with Crippen LogP contribution in [0.4, 0.5) is 0 Å². The zero-order chi connectivity index (χ0) is 15.7. The molecule has 0 fully saturated rings. The van der Waals surface area contributed by atoms with Crippen molar-refractivity contribution in [1.29, 1.82) is 0 Å². The van der Waals surface area contributed by atoms with Crippen molar-refractivity contribution in [3.05, 3.63) is 64.1 Å². The first-order valence-corrected chi connectivity index (χ1v) is 7.91. The zero-order valence-corrected chi connectivity index (χ0v) is 14.0. The molecule has 2 rings (SSSR count). The Labute approximate surface area is 143 Å². The van der Waals surface area contributed by atoms with Crippen LogP contribution in [0.3, 0.4) is 0 Å². The normalized spacial score (nSPS) is 9.86. The first-order chi connectivity index (χ1) is 10.2. The van der Waals surface area contributed by atoms with Gasteiger partial charge in [0.25, 0.3) is 11.7 Å². The van der Waals surface area contributed by atoms with Crippen LogP contribution in [-0.2, 0) is 14.8 Å². The van der Waals surface area contributed by atoms with Crippen molar-refractivity contribution < 1.29 is 24.7 Å². The fourth-order valence-electron chi connectivity index (χ4n) is 1.45. The number of nitrogens with one attached hydrogen (secondary N) is 1. The summed E-state index contributed by atoms with van der Waals surface area (Å²) in [4.78, 5) is 11.7. The molecule has 0 aromatic heterocycles. The number of hydrogen-bond acceptors (Lipinski definition) is 2. The number of hydrazone groups is 1. The predicted molar refractivity (Wildman–Crippen MR) is 84.6 cm³/mol. The number of carbonyl (C=O) groups excluding carboxylic acids is 1. The van der Waals surface area contributed by atoms with Crippen molar-refractivity contribution in [2.75, 3.05) is 0 Å². The molecule has 0 bridgehead atoms. The van der Waals surface area contributed by atoms with Crippen molar-refractivity contribution in [2.24, 2.45) is 5.10 Å². The molecule has 0 aliphatic carbocycles. The van der Waals surface area contributed by atoms with Crippen LogP contribution >= 0.6 is 26.1 Å². The zero-order valence-electron chi connectivity index (χ0n) is 10.6. The van der Waals surface area contributed by atoms with Crippen LogP contribution in [-0.4, -0.2) is 17.2 Å². The van der Waals surface area contributed by atoms with Gasteiger partial charge in [0.2, 0.25) is 0 Å². The van der Waals surface area contributed by atoms with Crippen LogP contribution in [0, 0.1) is 0 Å².